The molecule has 0 spiro atoms. The van der Waals surface area contributed by atoms with Crippen molar-refractivity contribution in [2.24, 2.45) is 23.8 Å². The highest BCUT2D eigenvalue weighted by atomic mass is 16.2. The van der Waals surface area contributed by atoms with E-state index in [2.05, 4.69) is 26.1 Å². The number of para-hydroxylation sites is 2. The molecule has 4 rings (SSSR count). The average Bonchev–Trinajstić information content (AvgIpc) is 3.02. The van der Waals surface area contributed by atoms with Crippen LogP contribution in [0.15, 0.2) is 29.1 Å². The maximum absolute atomic E-state index is 12.7. The third-order valence-corrected chi connectivity index (χ3v) is 7.48. The molecule has 1 aromatic carbocycles. The first-order valence-electron chi connectivity index (χ1n) is 9.19. The SMILES string of the molecule is Cn1c(=O)n(CC(=O)NC2CC3CCC2(C)C3(C)C)c2ccccc21. The number of carbonyl (C=O) groups excluding carboxylic acids is 1. The maximum Gasteiger partial charge on any atom is 0.329 e. The van der Waals surface area contributed by atoms with E-state index in [1.54, 1.807) is 16.2 Å². The van der Waals surface area contributed by atoms with Gasteiger partial charge in [-0.05, 0) is 48.1 Å². The second-order valence-electron chi connectivity index (χ2n) is 8.65. The van der Waals surface area contributed by atoms with Gasteiger partial charge in [-0.25, -0.2) is 4.79 Å². The van der Waals surface area contributed by atoms with Crippen LogP contribution in [0.5, 0.6) is 0 Å². The van der Waals surface area contributed by atoms with Crippen molar-refractivity contribution in [1.82, 2.24) is 14.5 Å². The van der Waals surface area contributed by atoms with Gasteiger partial charge in [-0.1, -0.05) is 32.9 Å². The Bertz CT molecular complexity index is 907. The second-order valence-corrected chi connectivity index (χ2v) is 8.65. The zero-order valence-corrected chi connectivity index (χ0v) is 15.5. The van der Waals surface area contributed by atoms with Crippen LogP contribution in [0.1, 0.15) is 40.0 Å². The molecule has 25 heavy (non-hydrogen) atoms. The number of aromatic nitrogens is 2. The molecule has 2 bridgehead atoms. The molecule has 2 fully saturated rings. The highest BCUT2D eigenvalue weighted by Gasteiger charge is 2.61. The third kappa shape index (κ3) is 2.14. The Labute approximate surface area is 148 Å². The van der Waals surface area contributed by atoms with Gasteiger partial charge in [0.15, 0.2) is 0 Å². The summed E-state index contributed by atoms with van der Waals surface area (Å²) in [5.41, 5.74) is 1.94. The lowest BCUT2D eigenvalue weighted by molar-refractivity contribution is -0.123. The standard InChI is InChI=1S/C20H27N3O2/c1-19(2)13-9-10-20(19,3)16(11-13)21-17(24)12-23-15-8-6-5-7-14(15)22(4)18(23)25/h5-8,13,16H,9-12H2,1-4H3,(H,21,24). The molecule has 3 unspecified atom stereocenters. The first kappa shape index (κ1) is 16.4. The Morgan fingerprint density at radius 1 is 1.24 bits per heavy atom. The molecule has 2 aliphatic carbocycles. The van der Waals surface area contributed by atoms with Crippen LogP contribution >= 0.6 is 0 Å². The zero-order valence-electron chi connectivity index (χ0n) is 15.5. The molecule has 0 saturated heterocycles. The number of fused-ring (bicyclic) bond motifs is 3. The van der Waals surface area contributed by atoms with Crippen molar-refractivity contribution in [3.63, 3.8) is 0 Å². The normalized spacial score (nSPS) is 30.1. The number of amides is 1. The Hall–Kier alpha value is -2.04. The van der Waals surface area contributed by atoms with Crippen molar-refractivity contribution in [2.45, 2.75) is 52.6 Å². The minimum Gasteiger partial charge on any atom is -0.351 e. The number of imidazole rings is 1. The summed E-state index contributed by atoms with van der Waals surface area (Å²) in [5.74, 6) is 0.621. The van der Waals surface area contributed by atoms with Gasteiger partial charge in [0.2, 0.25) is 5.91 Å². The van der Waals surface area contributed by atoms with E-state index in [9.17, 15) is 9.59 Å². The van der Waals surface area contributed by atoms with Crippen LogP contribution in [0.3, 0.4) is 0 Å². The number of hydrogen-bond acceptors (Lipinski definition) is 2. The Kier molecular flexibility index (Phi) is 3.44. The van der Waals surface area contributed by atoms with Gasteiger partial charge in [-0.15, -0.1) is 0 Å². The van der Waals surface area contributed by atoms with E-state index >= 15 is 0 Å². The summed E-state index contributed by atoms with van der Waals surface area (Å²) in [4.78, 5) is 25.2. The molecule has 2 saturated carbocycles. The van der Waals surface area contributed by atoms with Crippen LogP contribution in [0.25, 0.3) is 11.0 Å². The van der Waals surface area contributed by atoms with Gasteiger partial charge in [0.25, 0.3) is 0 Å². The number of hydrogen-bond donors (Lipinski definition) is 1. The van der Waals surface area contributed by atoms with Gasteiger partial charge in [-0.3, -0.25) is 13.9 Å². The average molecular weight is 341 g/mol. The molecule has 134 valence electrons. The van der Waals surface area contributed by atoms with Crippen molar-refractivity contribution in [3.8, 4) is 0 Å². The lowest BCUT2D eigenvalue weighted by atomic mass is 9.69. The Balaban J connectivity index is 1.57. The number of rotatable bonds is 3. The van der Waals surface area contributed by atoms with Crippen LogP contribution in [0, 0.1) is 16.7 Å². The number of benzene rings is 1. The highest BCUT2D eigenvalue weighted by Crippen LogP contribution is 2.65. The van der Waals surface area contributed by atoms with E-state index in [4.69, 9.17) is 0 Å². The number of nitrogens with zero attached hydrogens (tertiary/aromatic N) is 2. The van der Waals surface area contributed by atoms with Gasteiger partial charge >= 0.3 is 5.69 Å². The summed E-state index contributed by atoms with van der Waals surface area (Å²) >= 11 is 0. The van der Waals surface area contributed by atoms with Gasteiger partial charge in [0.1, 0.15) is 6.54 Å². The summed E-state index contributed by atoms with van der Waals surface area (Å²) < 4.78 is 3.18. The molecule has 1 aromatic heterocycles. The van der Waals surface area contributed by atoms with Gasteiger partial charge in [0, 0.05) is 13.1 Å². The van der Waals surface area contributed by atoms with Crippen molar-refractivity contribution < 1.29 is 4.79 Å². The quantitative estimate of drug-likeness (QED) is 0.933. The number of carbonyl (C=O) groups is 1. The minimum atomic E-state index is -0.143. The molecule has 1 N–H and O–H groups in total. The summed E-state index contributed by atoms with van der Waals surface area (Å²) in [5, 5.41) is 3.25. The van der Waals surface area contributed by atoms with E-state index in [0.717, 1.165) is 17.5 Å². The van der Waals surface area contributed by atoms with E-state index in [1.165, 1.54) is 12.8 Å². The van der Waals surface area contributed by atoms with Gasteiger partial charge < -0.3 is 5.32 Å². The number of aryl methyl sites for hydroxylation is 1. The fourth-order valence-electron chi connectivity index (χ4n) is 5.32. The monoisotopic (exact) mass is 341 g/mol. The van der Waals surface area contributed by atoms with Crippen molar-refractivity contribution in [2.75, 3.05) is 0 Å². The second kappa shape index (κ2) is 5.23. The van der Waals surface area contributed by atoms with Crippen molar-refractivity contribution >= 4 is 16.9 Å². The third-order valence-electron chi connectivity index (χ3n) is 7.48. The maximum atomic E-state index is 12.7. The van der Waals surface area contributed by atoms with Crippen LogP contribution in [-0.2, 0) is 18.4 Å². The highest BCUT2D eigenvalue weighted by molar-refractivity contribution is 5.81. The fourth-order valence-corrected chi connectivity index (χ4v) is 5.32. The molecule has 1 amide bonds. The molecule has 0 aliphatic heterocycles. The Morgan fingerprint density at radius 3 is 2.52 bits per heavy atom. The molecule has 5 nitrogen and oxygen atoms in total. The smallest absolute Gasteiger partial charge is 0.329 e. The van der Waals surface area contributed by atoms with Gasteiger partial charge in [0.05, 0.1) is 11.0 Å². The van der Waals surface area contributed by atoms with Crippen LogP contribution < -0.4 is 11.0 Å². The topological polar surface area (TPSA) is 56.0 Å². The van der Waals surface area contributed by atoms with E-state index < -0.39 is 0 Å². The van der Waals surface area contributed by atoms with Crippen molar-refractivity contribution in [3.05, 3.63) is 34.7 Å². The van der Waals surface area contributed by atoms with Gasteiger partial charge in [-0.2, -0.15) is 0 Å². The number of nitrogens with one attached hydrogen (secondary N) is 1. The minimum absolute atomic E-state index is 0.0620. The lowest BCUT2D eigenvalue weighted by Gasteiger charge is -2.39. The van der Waals surface area contributed by atoms with Crippen molar-refractivity contribution in [1.29, 1.82) is 0 Å². The lowest BCUT2D eigenvalue weighted by Crippen LogP contribution is -2.48. The largest absolute Gasteiger partial charge is 0.351 e. The van der Waals surface area contributed by atoms with E-state index in [-0.39, 0.29) is 35.0 Å². The molecular formula is C20H27N3O2. The molecule has 0 radical (unpaired) electrons. The predicted molar refractivity (Wildman–Crippen MR) is 98.3 cm³/mol. The fraction of sp³-hybridized carbons (Fsp3) is 0.600. The first-order chi connectivity index (χ1) is 11.8. The summed E-state index contributed by atoms with van der Waals surface area (Å²) in [6, 6.07) is 7.82. The molecule has 1 heterocycles. The van der Waals surface area contributed by atoms with E-state index in [1.807, 2.05) is 24.3 Å². The Morgan fingerprint density at radius 2 is 1.92 bits per heavy atom. The van der Waals surface area contributed by atoms with Crippen LogP contribution in [0.2, 0.25) is 0 Å². The first-order valence-corrected chi connectivity index (χ1v) is 9.19. The molecule has 5 heteroatoms. The summed E-state index contributed by atoms with van der Waals surface area (Å²) in [6.45, 7) is 7.07. The molecule has 2 aromatic rings. The summed E-state index contributed by atoms with van der Waals surface area (Å²) in [7, 11) is 1.75. The van der Waals surface area contributed by atoms with E-state index in [0.29, 0.717) is 5.92 Å². The van der Waals surface area contributed by atoms with Crippen LogP contribution in [0.4, 0.5) is 0 Å². The molecule has 2 aliphatic rings. The predicted octanol–water partition coefficient (Wildman–Crippen LogP) is 2.67. The summed E-state index contributed by atoms with van der Waals surface area (Å²) in [6.07, 6.45) is 3.49. The zero-order chi connectivity index (χ0) is 18.0. The molecule has 3 atom stereocenters. The molecular weight excluding hydrogens is 314 g/mol. The van der Waals surface area contributed by atoms with Crippen LogP contribution in [-0.4, -0.2) is 21.1 Å².